The van der Waals surface area contributed by atoms with E-state index in [4.69, 9.17) is 5.73 Å². The minimum Gasteiger partial charge on any atom is -0.506 e. The Morgan fingerprint density at radius 2 is 2.17 bits per heavy atom. The maximum absolute atomic E-state index is 9.78. The third-order valence-electron chi connectivity index (χ3n) is 1.95. The van der Waals surface area contributed by atoms with Gasteiger partial charge in [-0.1, -0.05) is 15.9 Å². The van der Waals surface area contributed by atoms with Gasteiger partial charge in [-0.25, -0.2) is 4.63 Å². The van der Waals surface area contributed by atoms with Crippen LogP contribution in [0.2, 0.25) is 0 Å². The highest BCUT2D eigenvalue weighted by atomic mass is 79.9. The van der Waals surface area contributed by atoms with Crippen molar-refractivity contribution in [3.8, 4) is 5.75 Å². The molecule has 4 N–H and O–H groups in total. The van der Waals surface area contributed by atoms with Crippen LogP contribution in [0.5, 0.6) is 5.75 Å². The first kappa shape index (κ1) is 12.8. The average molecular weight is 377 g/mol. The third kappa shape index (κ3) is 2.79. The number of halogens is 2. The molecule has 0 bridgehead atoms. The Labute approximate surface area is 118 Å². The van der Waals surface area contributed by atoms with Crippen molar-refractivity contribution in [3.63, 3.8) is 0 Å². The average Bonchev–Trinajstić information content (AvgIpc) is 2.71. The normalized spacial score (nSPS) is 11.0. The molecule has 0 fully saturated rings. The van der Waals surface area contributed by atoms with Crippen LogP contribution in [-0.2, 0) is 0 Å². The second-order valence-electron chi connectivity index (χ2n) is 3.19. The quantitative estimate of drug-likeness (QED) is 0.560. The second-order valence-corrected chi connectivity index (χ2v) is 4.96. The molecule has 0 aliphatic carbocycles. The number of hydrazone groups is 1. The lowest BCUT2D eigenvalue weighted by molar-refractivity contribution is 0.310. The van der Waals surface area contributed by atoms with Gasteiger partial charge in [0.25, 0.3) is 0 Å². The van der Waals surface area contributed by atoms with Gasteiger partial charge in [-0.05, 0) is 38.4 Å². The van der Waals surface area contributed by atoms with Crippen LogP contribution in [0.3, 0.4) is 0 Å². The lowest BCUT2D eigenvalue weighted by atomic mass is 10.2. The Morgan fingerprint density at radius 3 is 2.83 bits per heavy atom. The Morgan fingerprint density at radius 1 is 1.39 bits per heavy atom. The van der Waals surface area contributed by atoms with Crippen molar-refractivity contribution in [3.05, 3.63) is 26.6 Å². The van der Waals surface area contributed by atoms with Gasteiger partial charge in [-0.2, -0.15) is 5.10 Å². The molecule has 0 radical (unpaired) electrons. The summed E-state index contributed by atoms with van der Waals surface area (Å²) in [6.45, 7) is 0. The molecule has 0 saturated heterocycles. The lowest BCUT2D eigenvalue weighted by Crippen LogP contribution is -1.95. The van der Waals surface area contributed by atoms with Gasteiger partial charge in [0.2, 0.25) is 11.6 Å². The largest absolute Gasteiger partial charge is 0.506 e. The van der Waals surface area contributed by atoms with Crippen LogP contribution in [0, 0.1) is 0 Å². The van der Waals surface area contributed by atoms with Crippen LogP contribution in [0.4, 0.5) is 11.6 Å². The van der Waals surface area contributed by atoms with E-state index in [0.717, 1.165) is 4.47 Å². The van der Waals surface area contributed by atoms with Gasteiger partial charge in [0.1, 0.15) is 5.75 Å². The van der Waals surface area contributed by atoms with E-state index in [1.807, 2.05) is 0 Å². The fourth-order valence-electron chi connectivity index (χ4n) is 1.12. The fourth-order valence-corrected chi connectivity index (χ4v) is 2.38. The number of aromatic hydroxyl groups is 1. The van der Waals surface area contributed by atoms with Crippen molar-refractivity contribution in [2.24, 2.45) is 5.10 Å². The summed E-state index contributed by atoms with van der Waals surface area (Å²) in [5.74, 6) is 0.390. The molecule has 2 rings (SSSR count). The predicted octanol–water partition coefficient (Wildman–Crippen LogP) is 2.33. The maximum Gasteiger partial charge on any atom is 0.235 e. The monoisotopic (exact) mass is 375 g/mol. The van der Waals surface area contributed by atoms with Crippen molar-refractivity contribution in [1.82, 2.24) is 10.3 Å². The lowest BCUT2D eigenvalue weighted by Gasteiger charge is -2.02. The van der Waals surface area contributed by atoms with Crippen LogP contribution in [0.25, 0.3) is 0 Å². The first-order chi connectivity index (χ1) is 8.58. The topological polar surface area (TPSA) is 110 Å². The fraction of sp³-hybridized carbons (Fsp3) is 0. The van der Waals surface area contributed by atoms with Gasteiger partial charge < -0.3 is 10.8 Å². The summed E-state index contributed by atoms with van der Waals surface area (Å²) in [4.78, 5) is 0. The number of benzene rings is 1. The smallest absolute Gasteiger partial charge is 0.235 e. The molecule has 1 aromatic carbocycles. The molecule has 0 saturated carbocycles. The Kier molecular flexibility index (Phi) is 3.82. The summed E-state index contributed by atoms with van der Waals surface area (Å²) in [5.41, 5.74) is 8.49. The van der Waals surface area contributed by atoms with Crippen molar-refractivity contribution >= 4 is 49.7 Å². The number of anilines is 2. The summed E-state index contributed by atoms with van der Waals surface area (Å²) >= 11 is 6.53. The molecule has 94 valence electrons. The van der Waals surface area contributed by atoms with Crippen LogP contribution in [-0.4, -0.2) is 21.6 Å². The van der Waals surface area contributed by atoms with E-state index in [0.29, 0.717) is 10.0 Å². The molecule has 0 spiro atoms. The highest BCUT2D eigenvalue weighted by Crippen LogP contribution is 2.30. The number of aromatic nitrogens is 2. The molecule has 0 aliphatic heterocycles. The van der Waals surface area contributed by atoms with E-state index in [-0.39, 0.29) is 17.4 Å². The van der Waals surface area contributed by atoms with E-state index >= 15 is 0 Å². The summed E-state index contributed by atoms with van der Waals surface area (Å²) in [6.07, 6.45) is 1.42. The number of rotatable bonds is 3. The minimum absolute atomic E-state index is 0.0787. The molecule has 0 aliphatic rings. The molecule has 2 aromatic rings. The molecule has 0 unspecified atom stereocenters. The standard InChI is InChI=1S/C9H7Br2N5O2/c10-5-1-4(7(17)6(11)2-5)3-13-14-9-8(12)15-18-16-9/h1-3,17H,(H2,12,15)(H,14,16)/b13-3+. The van der Waals surface area contributed by atoms with Crippen LogP contribution >= 0.6 is 31.9 Å². The van der Waals surface area contributed by atoms with Gasteiger partial charge >= 0.3 is 0 Å². The van der Waals surface area contributed by atoms with Gasteiger partial charge in [-0.15, -0.1) is 0 Å². The Balaban J connectivity index is 2.17. The zero-order chi connectivity index (χ0) is 13.1. The number of phenols is 1. The van der Waals surface area contributed by atoms with Gasteiger partial charge in [-0.3, -0.25) is 5.43 Å². The predicted molar refractivity (Wildman–Crippen MR) is 73.4 cm³/mol. The highest BCUT2D eigenvalue weighted by molar-refractivity contribution is 9.11. The van der Waals surface area contributed by atoms with E-state index < -0.39 is 0 Å². The van der Waals surface area contributed by atoms with Crippen LogP contribution in [0.1, 0.15) is 5.56 Å². The molecular formula is C9H7Br2N5O2. The van der Waals surface area contributed by atoms with Gasteiger partial charge in [0.05, 0.1) is 10.7 Å². The Bertz CT molecular complexity index is 599. The molecule has 1 heterocycles. The maximum atomic E-state index is 9.78. The van der Waals surface area contributed by atoms with Crippen molar-refractivity contribution in [2.75, 3.05) is 11.2 Å². The summed E-state index contributed by atoms with van der Waals surface area (Å²) in [5, 5.41) is 20.5. The first-order valence-corrected chi connectivity index (χ1v) is 6.21. The first-order valence-electron chi connectivity index (χ1n) is 4.63. The van der Waals surface area contributed by atoms with E-state index in [1.165, 1.54) is 6.21 Å². The number of phenolic OH excluding ortho intramolecular Hbond substituents is 1. The molecule has 7 nitrogen and oxygen atoms in total. The zero-order valence-electron chi connectivity index (χ0n) is 8.76. The van der Waals surface area contributed by atoms with E-state index in [2.05, 4.69) is 57.3 Å². The van der Waals surface area contributed by atoms with Crippen LogP contribution in [0.15, 0.2) is 30.8 Å². The van der Waals surface area contributed by atoms with Crippen LogP contribution < -0.4 is 11.2 Å². The molecule has 9 heteroatoms. The minimum atomic E-state index is 0.0787. The van der Waals surface area contributed by atoms with Crippen molar-refractivity contribution in [1.29, 1.82) is 0 Å². The number of hydrogen-bond donors (Lipinski definition) is 3. The third-order valence-corrected chi connectivity index (χ3v) is 3.01. The number of hydrogen-bond acceptors (Lipinski definition) is 7. The molecule has 0 atom stereocenters. The highest BCUT2D eigenvalue weighted by Gasteiger charge is 2.06. The molecule has 18 heavy (non-hydrogen) atoms. The van der Waals surface area contributed by atoms with Crippen molar-refractivity contribution in [2.45, 2.75) is 0 Å². The van der Waals surface area contributed by atoms with Crippen molar-refractivity contribution < 1.29 is 9.74 Å². The summed E-state index contributed by atoms with van der Waals surface area (Å²) in [7, 11) is 0. The second kappa shape index (κ2) is 5.36. The number of nitrogen functional groups attached to an aromatic ring is 1. The summed E-state index contributed by atoms with van der Waals surface area (Å²) in [6, 6.07) is 3.43. The van der Waals surface area contributed by atoms with E-state index in [1.54, 1.807) is 12.1 Å². The molecule has 0 amide bonds. The van der Waals surface area contributed by atoms with Gasteiger partial charge in [0.15, 0.2) is 0 Å². The number of nitrogens with one attached hydrogen (secondary N) is 1. The zero-order valence-corrected chi connectivity index (χ0v) is 11.9. The molecular weight excluding hydrogens is 370 g/mol. The van der Waals surface area contributed by atoms with E-state index in [9.17, 15) is 5.11 Å². The molecule has 1 aromatic heterocycles. The summed E-state index contributed by atoms with van der Waals surface area (Å²) < 4.78 is 5.74. The van der Waals surface area contributed by atoms with Gasteiger partial charge in [0, 0.05) is 10.0 Å². The number of nitrogens with zero attached hydrogens (tertiary/aromatic N) is 3. The Hall–Kier alpha value is -1.61. The number of nitrogens with two attached hydrogens (primary N) is 1. The SMILES string of the molecule is Nc1nonc1N/N=C/c1cc(Br)cc(Br)c1O.